The van der Waals surface area contributed by atoms with Crippen molar-refractivity contribution in [1.82, 2.24) is 34.2 Å². The number of halogens is 3. The summed E-state index contributed by atoms with van der Waals surface area (Å²) < 4.78 is 35.9. The number of hydrogen-bond acceptors (Lipinski definition) is 7. The Balaban J connectivity index is 0.000000298. The Hall–Kier alpha value is -2.80. The number of aryl methyl sites for hydroxylation is 1. The number of carboxylic acids is 1. The number of imidazole rings is 1. The summed E-state index contributed by atoms with van der Waals surface area (Å²) in [5.74, 6) is -1.64. The molecule has 0 amide bonds. The number of carboxylic acid groups (broad SMARTS) is 1. The Morgan fingerprint density at radius 1 is 1.31 bits per heavy atom. The van der Waals surface area contributed by atoms with E-state index in [4.69, 9.17) is 9.90 Å². The fourth-order valence-electron chi connectivity index (χ4n) is 2.82. The van der Waals surface area contributed by atoms with Crippen molar-refractivity contribution in [3.63, 3.8) is 0 Å². The molecule has 3 aromatic heterocycles. The van der Waals surface area contributed by atoms with Gasteiger partial charge in [0.25, 0.3) is 0 Å². The van der Waals surface area contributed by atoms with Gasteiger partial charge in [0, 0.05) is 25.0 Å². The second-order valence-electron chi connectivity index (χ2n) is 6.28. The largest absolute Gasteiger partial charge is 0.490 e. The maximum absolute atomic E-state index is 10.6. The van der Waals surface area contributed by atoms with Crippen molar-refractivity contribution < 1.29 is 23.1 Å². The van der Waals surface area contributed by atoms with Crippen molar-refractivity contribution >= 4 is 17.3 Å². The highest BCUT2D eigenvalue weighted by Gasteiger charge is 2.38. The molecule has 0 radical (unpaired) electrons. The smallest absolute Gasteiger partial charge is 0.475 e. The van der Waals surface area contributed by atoms with E-state index in [0.29, 0.717) is 0 Å². The molecule has 4 heterocycles. The van der Waals surface area contributed by atoms with Gasteiger partial charge in [-0.2, -0.15) is 18.3 Å². The van der Waals surface area contributed by atoms with Gasteiger partial charge in [0.1, 0.15) is 18.5 Å². The third kappa shape index (κ3) is 5.60. The van der Waals surface area contributed by atoms with Gasteiger partial charge in [-0.1, -0.05) is 0 Å². The topological polar surface area (TPSA) is 102 Å². The highest BCUT2D eigenvalue weighted by Crippen LogP contribution is 2.18. The molecular formula is C16H18F3N7O2S. The minimum atomic E-state index is -5.08. The quantitative estimate of drug-likeness (QED) is 0.676. The van der Waals surface area contributed by atoms with Gasteiger partial charge in [0.2, 0.25) is 0 Å². The lowest BCUT2D eigenvalue weighted by atomic mass is 10.3. The predicted molar refractivity (Wildman–Crippen MR) is 96.0 cm³/mol. The summed E-state index contributed by atoms with van der Waals surface area (Å²) in [6, 6.07) is 0. The van der Waals surface area contributed by atoms with Crippen molar-refractivity contribution in [1.29, 1.82) is 0 Å². The lowest BCUT2D eigenvalue weighted by molar-refractivity contribution is -0.192. The maximum Gasteiger partial charge on any atom is 0.490 e. The number of nitrogens with zero attached hydrogens (tertiary/aromatic N) is 7. The third-order valence-corrected chi connectivity index (χ3v) is 4.93. The van der Waals surface area contributed by atoms with Crippen LogP contribution in [0.25, 0.3) is 0 Å². The molecule has 156 valence electrons. The zero-order valence-corrected chi connectivity index (χ0v) is 16.2. The minimum Gasteiger partial charge on any atom is -0.475 e. The Labute approximate surface area is 167 Å². The standard InChI is InChI=1S/C14H17N7S.C2HF3O2/c1-11-18-12(8-22-11)5-19-2-3-21-13(4-16-14(21)7-19)6-20-10-15-9-17-20;3-2(4,5)1(6)7/h4,8-10H,2-3,5-7H2,1H3;(H,6,7). The van der Waals surface area contributed by atoms with Crippen LogP contribution in [0.15, 0.2) is 24.2 Å². The molecular weight excluding hydrogens is 411 g/mol. The number of aliphatic carboxylic acids is 1. The summed E-state index contributed by atoms with van der Waals surface area (Å²) in [6.45, 7) is 6.52. The van der Waals surface area contributed by atoms with Crippen LogP contribution in [0.5, 0.6) is 0 Å². The van der Waals surface area contributed by atoms with Gasteiger partial charge in [-0.15, -0.1) is 11.3 Å². The number of fused-ring (bicyclic) bond motifs is 1. The number of alkyl halides is 3. The van der Waals surface area contributed by atoms with E-state index in [2.05, 4.69) is 34.9 Å². The van der Waals surface area contributed by atoms with Crippen LogP contribution in [0.2, 0.25) is 0 Å². The molecule has 1 N–H and O–H groups in total. The van der Waals surface area contributed by atoms with Gasteiger partial charge in [-0.3, -0.25) is 4.90 Å². The molecule has 0 aliphatic carbocycles. The zero-order chi connectivity index (χ0) is 21.0. The fourth-order valence-corrected chi connectivity index (χ4v) is 3.43. The molecule has 4 rings (SSSR count). The molecule has 0 aromatic carbocycles. The lowest BCUT2D eigenvalue weighted by Gasteiger charge is -2.27. The molecule has 1 aliphatic heterocycles. The summed E-state index contributed by atoms with van der Waals surface area (Å²) in [7, 11) is 0. The normalized spacial score (nSPS) is 14.2. The van der Waals surface area contributed by atoms with Crippen LogP contribution in [0.1, 0.15) is 22.2 Å². The van der Waals surface area contributed by atoms with Crippen molar-refractivity contribution in [3.8, 4) is 0 Å². The second kappa shape index (κ2) is 8.69. The number of aromatic nitrogens is 6. The Morgan fingerprint density at radius 3 is 2.66 bits per heavy atom. The van der Waals surface area contributed by atoms with Gasteiger partial charge in [-0.05, 0) is 6.92 Å². The van der Waals surface area contributed by atoms with Crippen molar-refractivity contribution in [2.45, 2.75) is 39.3 Å². The van der Waals surface area contributed by atoms with Crippen molar-refractivity contribution in [2.75, 3.05) is 6.54 Å². The van der Waals surface area contributed by atoms with Crippen LogP contribution in [-0.4, -0.2) is 58.0 Å². The van der Waals surface area contributed by atoms with Crippen LogP contribution < -0.4 is 0 Å². The van der Waals surface area contributed by atoms with E-state index in [1.165, 1.54) is 5.69 Å². The highest BCUT2D eigenvalue weighted by atomic mass is 32.1. The number of thiazole rings is 1. The van der Waals surface area contributed by atoms with Crippen LogP contribution in [0.4, 0.5) is 13.2 Å². The molecule has 0 bridgehead atoms. The molecule has 13 heteroatoms. The van der Waals surface area contributed by atoms with E-state index in [1.807, 2.05) is 17.8 Å². The summed E-state index contributed by atoms with van der Waals surface area (Å²) >= 11 is 1.71. The second-order valence-corrected chi connectivity index (χ2v) is 7.34. The first-order valence-electron chi connectivity index (χ1n) is 8.51. The SMILES string of the molecule is Cc1nc(CN2CCn3c(Cn4cncn4)cnc3C2)cs1.O=C(O)C(F)(F)F. The van der Waals surface area contributed by atoms with Gasteiger partial charge < -0.3 is 9.67 Å². The summed E-state index contributed by atoms with van der Waals surface area (Å²) in [4.78, 5) is 24.4. The number of carbonyl (C=O) groups is 1. The first kappa shape index (κ1) is 20.9. The molecule has 0 spiro atoms. The van der Waals surface area contributed by atoms with Crippen LogP contribution in [-0.2, 0) is 31.0 Å². The summed E-state index contributed by atoms with van der Waals surface area (Å²) in [6.07, 6.45) is 0.165. The minimum absolute atomic E-state index is 0.721. The van der Waals surface area contributed by atoms with Gasteiger partial charge in [0.05, 0.1) is 35.7 Å². The summed E-state index contributed by atoms with van der Waals surface area (Å²) in [5, 5.41) is 14.6. The third-order valence-electron chi connectivity index (χ3n) is 4.11. The summed E-state index contributed by atoms with van der Waals surface area (Å²) in [5.41, 5.74) is 2.34. The monoisotopic (exact) mass is 429 g/mol. The van der Waals surface area contributed by atoms with Gasteiger partial charge in [-0.25, -0.2) is 24.4 Å². The van der Waals surface area contributed by atoms with Crippen molar-refractivity contribution in [2.24, 2.45) is 0 Å². The molecule has 0 atom stereocenters. The molecule has 29 heavy (non-hydrogen) atoms. The number of rotatable bonds is 4. The van der Waals surface area contributed by atoms with Crippen LogP contribution in [0, 0.1) is 6.92 Å². The molecule has 9 nitrogen and oxygen atoms in total. The highest BCUT2D eigenvalue weighted by molar-refractivity contribution is 7.09. The average molecular weight is 429 g/mol. The molecule has 0 saturated carbocycles. The molecule has 0 saturated heterocycles. The molecule has 0 fully saturated rings. The Morgan fingerprint density at radius 2 is 2.07 bits per heavy atom. The number of hydrogen-bond donors (Lipinski definition) is 1. The van der Waals surface area contributed by atoms with E-state index < -0.39 is 12.1 Å². The maximum atomic E-state index is 10.6. The molecule has 3 aromatic rings. The van der Waals surface area contributed by atoms with Crippen LogP contribution in [0.3, 0.4) is 0 Å². The molecule has 0 unspecified atom stereocenters. The van der Waals surface area contributed by atoms with Crippen LogP contribution >= 0.6 is 11.3 Å². The molecule has 1 aliphatic rings. The predicted octanol–water partition coefficient (Wildman–Crippen LogP) is 1.94. The average Bonchev–Trinajstić information content (AvgIpc) is 3.38. The van der Waals surface area contributed by atoms with Gasteiger partial charge >= 0.3 is 12.1 Å². The first-order chi connectivity index (χ1) is 13.7. The van der Waals surface area contributed by atoms with Crippen molar-refractivity contribution in [3.05, 3.63) is 46.5 Å². The van der Waals surface area contributed by atoms with E-state index in [9.17, 15) is 13.2 Å². The van der Waals surface area contributed by atoms with E-state index in [-0.39, 0.29) is 0 Å². The fraction of sp³-hybridized carbons (Fsp3) is 0.438. The Bertz CT molecular complexity index is 952. The van der Waals surface area contributed by atoms with E-state index >= 15 is 0 Å². The van der Waals surface area contributed by atoms with Gasteiger partial charge in [0.15, 0.2) is 0 Å². The first-order valence-corrected chi connectivity index (χ1v) is 9.39. The zero-order valence-electron chi connectivity index (χ0n) is 15.4. The van der Waals surface area contributed by atoms with E-state index in [1.54, 1.807) is 24.0 Å². The lowest BCUT2D eigenvalue weighted by Crippen LogP contribution is -2.34. The van der Waals surface area contributed by atoms with E-state index in [0.717, 1.165) is 49.2 Å². The Kier molecular flexibility index (Phi) is 6.27.